The Kier molecular flexibility index (Phi) is 4.85. The average molecular weight is 325 g/mol. The van der Waals surface area contributed by atoms with Crippen LogP contribution in [-0.4, -0.2) is 49.1 Å². The summed E-state index contributed by atoms with van der Waals surface area (Å²) in [6, 6.07) is 6.50. The van der Waals surface area contributed by atoms with E-state index in [2.05, 4.69) is 0 Å². The van der Waals surface area contributed by atoms with Gasteiger partial charge >= 0.3 is 5.97 Å². The molecule has 1 fully saturated rings. The zero-order valence-electron chi connectivity index (χ0n) is 12.4. The SMILES string of the molecule is Cc1ccc(S(=O)(=O)CCC(=O)N2CC[C@H](C(=O)O)C2)cc1. The molecule has 0 aliphatic carbocycles. The Morgan fingerprint density at radius 1 is 1.27 bits per heavy atom. The molecule has 0 saturated carbocycles. The van der Waals surface area contributed by atoms with E-state index in [0.717, 1.165) is 5.56 Å². The Morgan fingerprint density at radius 3 is 2.45 bits per heavy atom. The summed E-state index contributed by atoms with van der Waals surface area (Å²) < 4.78 is 24.3. The molecule has 2 rings (SSSR count). The maximum absolute atomic E-state index is 12.2. The highest BCUT2D eigenvalue weighted by molar-refractivity contribution is 7.91. The van der Waals surface area contributed by atoms with Crippen LogP contribution in [0.1, 0.15) is 18.4 Å². The van der Waals surface area contributed by atoms with Gasteiger partial charge in [-0.25, -0.2) is 8.42 Å². The molecule has 1 aliphatic rings. The first-order valence-corrected chi connectivity index (χ1v) is 8.75. The van der Waals surface area contributed by atoms with Crippen molar-refractivity contribution in [3.8, 4) is 0 Å². The minimum Gasteiger partial charge on any atom is -0.481 e. The molecular formula is C15H19NO5S. The van der Waals surface area contributed by atoms with Crippen LogP contribution in [0.3, 0.4) is 0 Å². The molecule has 0 bridgehead atoms. The first-order valence-electron chi connectivity index (χ1n) is 7.09. The highest BCUT2D eigenvalue weighted by Crippen LogP contribution is 2.18. The lowest BCUT2D eigenvalue weighted by atomic mass is 10.1. The Bertz CT molecular complexity index is 666. The number of aliphatic carboxylic acids is 1. The van der Waals surface area contributed by atoms with Crippen LogP contribution in [-0.2, 0) is 19.4 Å². The van der Waals surface area contributed by atoms with Crippen molar-refractivity contribution in [3.05, 3.63) is 29.8 Å². The highest BCUT2D eigenvalue weighted by atomic mass is 32.2. The minimum absolute atomic E-state index is 0.122. The number of carbonyl (C=O) groups is 2. The van der Waals surface area contributed by atoms with Crippen LogP contribution in [0.5, 0.6) is 0 Å². The molecule has 7 heteroatoms. The van der Waals surface area contributed by atoms with E-state index in [1.54, 1.807) is 12.1 Å². The molecule has 1 atom stereocenters. The average Bonchev–Trinajstić information content (AvgIpc) is 2.95. The molecule has 0 unspecified atom stereocenters. The molecule has 0 radical (unpaired) electrons. The van der Waals surface area contributed by atoms with Gasteiger partial charge in [0.05, 0.1) is 16.6 Å². The number of carboxylic acid groups (broad SMARTS) is 1. The standard InChI is InChI=1S/C15H19NO5S/c1-11-2-4-13(5-3-11)22(20,21)9-7-14(17)16-8-6-12(10-16)15(18)19/h2-5,12H,6-10H2,1H3,(H,18,19)/t12-/m0/s1. The molecule has 1 saturated heterocycles. The second-order valence-electron chi connectivity index (χ2n) is 5.55. The zero-order valence-corrected chi connectivity index (χ0v) is 13.2. The lowest BCUT2D eigenvalue weighted by Gasteiger charge is -2.15. The summed E-state index contributed by atoms with van der Waals surface area (Å²) >= 11 is 0. The second kappa shape index (κ2) is 6.48. The summed E-state index contributed by atoms with van der Waals surface area (Å²) in [7, 11) is -3.50. The van der Waals surface area contributed by atoms with E-state index in [9.17, 15) is 18.0 Å². The summed E-state index contributed by atoms with van der Waals surface area (Å²) in [5.41, 5.74) is 0.965. The van der Waals surface area contributed by atoms with Gasteiger partial charge in [0.1, 0.15) is 0 Å². The number of nitrogens with zero attached hydrogens (tertiary/aromatic N) is 1. The number of likely N-dealkylation sites (tertiary alicyclic amines) is 1. The van der Waals surface area contributed by atoms with Crippen molar-refractivity contribution < 1.29 is 23.1 Å². The number of amides is 1. The quantitative estimate of drug-likeness (QED) is 0.875. The van der Waals surface area contributed by atoms with Crippen molar-refractivity contribution in [2.45, 2.75) is 24.7 Å². The Balaban J connectivity index is 1.93. The molecule has 1 amide bonds. The molecule has 1 aromatic rings. The summed E-state index contributed by atoms with van der Waals surface area (Å²) in [5.74, 6) is -2.02. The Morgan fingerprint density at radius 2 is 1.91 bits per heavy atom. The van der Waals surface area contributed by atoms with Gasteiger partial charge in [-0.2, -0.15) is 0 Å². The van der Waals surface area contributed by atoms with E-state index in [0.29, 0.717) is 13.0 Å². The van der Waals surface area contributed by atoms with Crippen LogP contribution in [0.25, 0.3) is 0 Å². The van der Waals surface area contributed by atoms with Crippen molar-refractivity contribution in [1.29, 1.82) is 0 Å². The lowest BCUT2D eigenvalue weighted by Crippen LogP contribution is -2.31. The number of hydrogen-bond acceptors (Lipinski definition) is 4. The van der Waals surface area contributed by atoms with E-state index >= 15 is 0 Å². The van der Waals surface area contributed by atoms with Gasteiger partial charge < -0.3 is 10.0 Å². The monoisotopic (exact) mass is 325 g/mol. The molecule has 1 heterocycles. The van der Waals surface area contributed by atoms with Gasteiger partial charge in [-0.05, 0) is 25.5 Å². The van der Waals surface area contributed by atoms with Crippen molar-refractivity contribution in [3.63, 3.8) is 0 Å². The summed E-state index contributed by atoms with van der Waals surface area (Å²) in [6.07, 6.45) is 0.300. The number of rotatable bonds is 5. The molecular weight excluding hydrogens is 306 g/mol. The Labute approximate surface area is 129 Å². The van der Waals surface area contributed by atoms with Gasteiger partial charge in [0, 0.05) is 19.5 Å². The van der Waals surface area contributed by atoms with Gasteiger partial charge in [0.15, 0.2) is 9.84 Å². The van der Waals surface area contributed by atoms with Crippen LogP contribution >= 0.6 is 0 Å². The zero-order chi connectivity index (χ0) is 16.3. The van der Waals surface area contributed by atoms with E-state index in [4.69, 9.17) is 5.11 Å². The van der Waals surface area contributed by atoms with Crippen LogP contribution in [0, 0.1) is 12.8 Å². The second-order valence-corrected chi connectivity index (χ2v) is 7.65. The summed E-state index contributed by atoms with van der Waals surface area (Å²) in [4.78, 5) is 24.5. The number of sulfone groups is 1. The van der Waals surface area contributed by atoms with Crippen molar-refractivity contribution in [1.82, 2.24) is 4.90 Å². The predicted molar refractivity (Wildman–Crippen MR) is 80.2 cm³/mol. The maximum Gasteiger partial charge on any atom is 0.308 e. The van der Waals surface area contributed by atoms with Gasteiger partial charge in [-0.1, -0.05) is 17.7 Å². The van der Waals surface area contributed by atoms with Gasteiger partial charge in [-0.15, -0.1) is 0 Å². The first-order chi connectivity index (χ1) is 10.3. The van der Waals surface area contributed by atoms with E-state index in [1.807, 2.05) is 6.92 Å². The van der Waals surface area contributed by atoms with Gasteiger partial charge in [0.2, 0.25) is 5.91 Å². The third-order valence-corrected chi connectivity index (χ3v) is 5.59. The van der Waals surface area contributed by atoms with Crippen molar-refractivity contribution in [2.75, 3.05) is 18.8 Å². The number of aryl methyl sites for hydroxylation is 1. The van der Waals surface area contributed by atoms with Crippen LogP contribution < -0.4 is 0 Å². The van der Waals surface area contributed by atoms with E-state index in [-0.39, 0.29) is 29.5 Å². The fraction of sp³-hybridized carbons (Fsp3) is 0.467. The number of benzene rings is 1. The number of carbonyl (C=O) groups excluding carboxylic acids is 1. The third-order valence-electron chi connectivity index (χ3n) is 3.85. The normalized spacial score (nSPS) is 18.4. The topological polar surface area (TPSA) is 91.8 Å². The van der Waals surface area contributed by atoms with Crippen LogP contribution in [0.15, 0.2) is 29.2 Å². The minimum atomic E-state index is -3.50. The van der Waals surface area contributed by atoms with Crippen molar-refractivity contribution >= 4 is 21.7 Å². The van der Waals surface area contributed by atoms with Gasteiger partial charge in [0.25, 0.3) is 0 Å². The fourth-order valence-electron chi connectivity index (χ4n) is 2.43. The Hall–Kier alpha value is -1.89. The molecule has 1 N–H and O–H groups in total. The molecule has 0 aromatic heterocycles. The smallest absolute Gasteiger partial charge is 0.308 e. The molecule has 6 nitrogen and oxygen atoms in total. The van der Waals surface area contributed by atoms with Gasteiger partial charge in [-0.3, -0.25) is 9.59 Å². The lowest BCUT2D eigenvalue weighted by molar-refractivity contribution is -0.141. The molecule has 22 heavy (non-hydrogen) atoms. The number of hydrogen-bond donors (Lipinski definition) is 1. The molecule has 0 spiro atoms. The van der Waals surface area contributed by atoms with E-state index < -0.39 is 21.7 Å². The highest BCUT2D eigenvalue weighted by Gasteiger charge is 2.31. The van der Waals surface area contributed by atoms with Crippen molar-refractivity contribution in [2.24, 2.45) is 5.92 Å². The van der Waals surface area contributed by atoms with E-state index in [1.165, 1.54) is 17.0 Å². The predicted octanol–water partition coefficient (Wildman–Crippen LogP) is 1.09. The van der Waals surface area contributed by atoms with Crippen LogP contribution in [0.2, 0.25) is 0 Å². The largest absolute Gasteiger partial charge is 0.481 e. The summed E-state index contributed by atoms with van der Waals surface area (Å²) in [6.45, 7) is 2.41. The third kappa shape index (κ3) is 3.85. The molecule has 120 valence electrons. The number of carboxylic acids is 1. The maximum atomic E-state index is 12.2. The molecule has 1 aliphatic heterocycles. The summed E-state index contributed by atoms with van der Waals surface area (Å²) in [5, 5.41) is 8.91. The fourth-order valence-corrected chi connectivity index (χ4v) is 3.66. The first kappa shape index (κ1) is 16.5. The molecule has 1 aromatic carbocycles. The van der Waals surface area contributed by atoms with Crippen LogP contribution in [0.4, 0.5) is 0 Å².